The Morgan fingerprint density at radius 3 is 2.87 bits per heavy atom. The molecule has 0 aliphatic heterocycles. The Bertz CT molecular complexity index is 608. The molecule has 5 nitrogen and oxygen atoms in total. The van der Waals surface area contributed by atoms with Gasteiger partial charge in [0.1, 0.15) is 10.3 Å². The minimum absolute atomic E-state index is 0.0218. The van der Waals surface area contributed by atoms with Crippen molar-refractivity contribution in [3.05, 3.63) is 11.5 Å². The van der Waals surface area contributed by atoms with Crippen LogP contribution in [0.25, 0.3) is 10.3 Å². The number of hydrogen-bond donors (Lipinski definition) is 0. The lowest BCUT2D eigenvalue weighted by Crippen LogP contribution is -2.02. The van der Waals surface area contributed by atoms with Gasteiger partial charge >= 0.3 is 0 Å². The van der Waals surface area contributed by atoms with Crippen LogP contribution in [0.3, 0.4) is 0 Å². The van der Waals surface area contributed by atoms with Crippen molar-refractivity contribution in [2.75, 3.05) is 5.75 Å². The minimum Gasteiger partial charge on any atom is -0.224 e. The van der Waals surface area contributed by atoms with Gasteiger partial charge in [0.15, 0.2) is 0 Å². The fourth-order valence-corrected chi connectivity index (χ4v) is 3.36. The molecule has 0 saturated heterocycles. The van der Waals surface area contributed by atoms with E-state index in [9.17, 15) is 8.42 Å². The number of thiazole rings is 1. The topological polar surface area (TPSA) is 72.8 Å². The third kappa shape index (κ3) is 1.95. The predicted molar refractivity (Wildman–Crippen MR) is 57.9 cm³/mol. The van der Waals surface area contributed by atoms with Crippen molar-refractivity contribution >= 4 is 43.1 Å². The van der Waals surface area contributed by atoms with Gasteiger partial charge in [0.2, 0.25) is 19.5 Å². The van der Waals surface area contributed by atoms with Gasteiger partial charge in [0.25, 0.3) is 0 Å². The zero-order valence-corrected chi connectivity index (χ0v) is 10.0. The molecule has 0 N–H and O–H groups in total. The summed E-state index contributed by atoms with van der Waals surface area (Å²) in [5.41, 5.74) is 0.455. The summed E-state index contributed by atoms with van der Waals surface area (Å²) < 4.78 is 23.1. The second-order valence-electron chi connectivity index (χ2n) is 2.71. The molecule has 2 rings (SSSR count). The molecule has 0 aliphatic rings. The highest BCUT2D eigenvalue weighted by atomic mass is 35.5. The number of sulfone groups is 1. The Balaban J connectivity index is 2.67. The third-order valence-corrected chi connectivity index (χ3v) is 5.09. The number of fused-ring (bicyclic) bond motifs is 1. The normalized spacial score (nSPS) is 12.1. The molecule has 2 heterocycles. The number of halogens is 1. The van der Waals surface area contributed by atoms with Gasteiger partial charge < -0.3 is 0 Å². The van der Waals surface area contributed by atoms with Crippen LogP contribution in [0.1, 0.15) is 6.92 Å². The van der Waals surface area contributed by atoms with Crippen molar-refractivity contribution in [2.24, 2.45) is 0 Å². The van der Waals surface area contributed by atoms with Gasteiger partial charge in [-0.1, -0.05) is 18.3 Å². The van der Waals surface area contributed by atoms with Crippen LogP contribution in [0.4, 0.5) is 0 Å². The smallest absolute Gasteiger partial charge is 0.223 e. The van der Waals surface area contributed by atoms with E-state index in [1.807, 2.05) is 0 Å². The maximum absolute atomic E-state index is 11.5. The molecule has 0 fully saturated rings. The molecule has 2 aromatic rings. The van der Waals surface area contributed by atoms with Crippen molar-refractivity contribution in [1.82, 2.24) is 15.0 Å². The molecule has 0 aliphatic carbocycles. The van der Waals surface area contributed by atoms with Crippen molar-refractivity contribution in [1.29, 1.82) is 0 Å². The summed E-state index contributed by atoms with van der Waals surface area (Å²) >= 11 is 6.59. The van der Waals surface area contributed by atoms with E-state index in [0.717, 1.165) is 11.3 Å². The van der Waals surface area contributed by atoms with Crippen LogP contribution in [-0.4, -0.2) is 29.1 Å². The van der Waals surface area contributed by atoms with Gasteiger partial charge in [-0.25, -0.2) is 23.4 Å². The van der Waals surface area contributed by atoms with Crippen molar-refractivity contribution in [3.8, 4) is 0 Å². The maximum Gasteiger partial charge on any atom is 0.223 e. The van der Waals surface area contributed by atoms with Crippen LogP contribution in [0, 0.1) is 0 Å². The van der Waals surface area contributed by atoms with E-state index in [1.54, 1.807) is 6.92 Å². The zero-order chi connectivity index (χ0) is 11.1. The third-order valence-electron chi connectivity index (χ3n) is 1.75. The number of nitrogens with zero attached hydrogens (tertiary/aromatic N) is 3. The summed E-state index contributed by atoms with van der Waals surface area (Å²) in [6.07, 6.45) is 1.41. The summed E-state index contributed by atoms with van der Waals surface area (Å²) in [4.78, 5) is 12.1. The second-order valence-corrected chi connectivity index (χ2v) is 6.48. The molecule has 0 radical (unpaired) electrons. The Morgan fingerprint density at radius 1 is 1.47 bits per heavy atom. The van der Waals surface area contributed by atoms with E-state index in [1.165, 1.54) is 6.20 Å². The molecule has 0 atom stereocenters. The molecule has 0 saturated carbocycles. The molecule has 0 spiro atoms. The van der Waals surface area contributed by atoms with E-state index in [-0.39, 0.29) is 15.4 Å². The lowest BCUT2D eigenvalue weighted by molar-refractivity contribution is 0.596. The number of rotatable bonds is 2. The van der Waals surface area contributed by atoms with Crippen molar-refractivity contribution in [3.63, 3.8) is 0 Å². The first-order valence-electron chi connectivity index (χ1n) is 4.05. The summed E-state index contributed by atoms with van der Waals surface area (Å²) in [7, 11) is -3.28. The van der Waals surface area contributed by atoms with Gasteiger partial charge in [0.05, 0.1) is 11.9 Å². The fraction of sp³-hybridized carbons (Fsp3) is 0.286. The lowest BCUT2D eigenvalue weighted by Gasteiger charge is -1.91. The van der Waals surface area contributed by atoms with Crippen molar-refractivity contribution < 1.29 is 8.42 Å². The van der Waals surface area contributed by atoms with Gasteiger partial charge in [-0.05, 0) is 11.6 Å². The summed E-state index contributed by atoms with van der Waals surface area (Å²) in [6.45, 7) is 1.57. The van der Waals surface area contributed by atoms with Crippen LogP contribution >= 0.6 is 22.9 Å². The minimum atomic E-state index is -3.28. The molecule has 15 heavy (non-hydrogen) atoms. The van der Waals surface area contributed by atoms with Gasteiger partial charge in [-0.15, -0.1) is 0 Å². The fourth-order valence-electron chi connectivity index (χ4n) is 0.952. The SMILES string of the molecule is CCS(=O)(=O)c1nc2cnc(Cl)nc2s1. The summed E-state index contributed by atoms with van der Waals surface area (Å²) in [5.74, 6) is 0.0218. The highest BCUT2D eigenvalue weighted by Crippen LogP contribution is 2.24. The number of aromatic nitrogens is 3. The second kappa shape index (κ2) is 3.66. The highest BCUT2D eigenvalue weighted by molar-refractivity contribution is 7.93. The molecule has 0 aromatic carbocycles. The predicted octanol–water partition coefficient (Wildman–Crippen LogP) is 1.53. The van der Waals surface area contributed by atoms with Gasteiger partial charge in [-0.2, -0.15) is 0 Å². The average molecular weight is 264 g/mol. The maximum atomic E-state index is 11.5. The van der Waals surface area contributed by atoms with Crippen molar-refractivity contribution in [2.45, 2.75) is 11.3 Å². The largest absolute Gasteiger partial charge is 0.224 e. The molecular formula is C7H6ClN3O2S2. The summed E-state index contributed by atoms with van der Waals surface area (Å²) in [5, 5.41) is 0.0894. The first-order chi connectivity index (χ1) is 7.03. The van der Waals surface area contributed by atoms with E-state index < -0.39 is 9.84 Å². The molecule has 0 unspecified atom stereocenters. The zero-order valence-electron chi connectivity index (χ0n) is 7.64. The number of hydrogen-bond acceptors (Lipinski definition) is 6. The lowest BCUT2D eigenvalue weighted by atomic mass is 10.6. The van der Waals surface area contributed by atoms with Crippen LogP contribution < -0.4 is 0 Å². The van der Waals surface area contributed by atoms with Gasteiger partial charge in [-0.3, -0.25) is 0 Å². The highest BCUT2D eigenvalue weighted by Gasteiger charge is 2.18. The molecule has 0 amide bonds. The standard InChI is InChI=1S/C7H6ClN3O2S2/c1-2-15(12,13)7-10-4-3-9-6(8)11-5(4)14-7/h3H,2H2,1H3. The van der Waals surface area contributed by atoms with E-state index in [4.69, 9.17) is 11.6 Å². The Labute approximate surface area is 95.1 Å². The molecular weight excluding hydrogens is 258 g/mol. The molecule has 2 aromatic heterocycles. The Hall–Kier alpha value is -0.790. The van der Waals surface area contributed by atoms with Crippen LogP contribution in [0.15, 0.2) is 10.5 Å². The Morgan fingerprint density at radius 2 is 2.20 bits per heavy atom. The van der Waals surface area contributed by atoms with E-state index in [2.05, 4.69) is 15.0 Å². The Kier molecular flexibility index (Phi) is 2.61. The first kappa shape index (κ1) is 10.7. The van der Waals surface area contributed by atoms with E-state index >= 15 is 0 Å². The quantitative estimate of drug-likeness (QED) is 0.769. The van der Waals surface area contributed by atoms with Crippen LogP contribution in [0.5, 0.6) is 0 Å². The van der Waals surface area contributed by atoms with E-state index in [0.29, 0.717) is 10.3 Å². The monoisotopic (exact) mass is 263 g/mol. The van der Waals surface area contributed by atoms with Gasteiger partial charge in [0, 0.05) is 0 Å². The van der Waals surface area contributed by atoms with Crippen LogP contribution in [0.2, 0.25) is 5.28 Å². The van der Waals surface area contributed by atoms with Crippen LogP contribution in [-0.2, 0) is 9.84 Å². The summed E-state index contributed by atoms with van der Waals surface area (Å²) in [6, 6.07) is 0. The molecule has 80 valence electrons. The first-order valence-corrected chi connectivity index (χ1v) is 6.89. The molecule has 0 bridgehead atoms. The average Bonchev–Trinajstić information content (AvgIpc) is 2.61. The molecule has 8 heteroatoms.